The molecule has 0 unspecified atom stereocenters. The summed E-state index contributed by atoms with van der Waals surface area (Å²) < 4.78 is 16.1. The minimum absolute atomic E-state index is 0.131. The van der Waals surface area contributed by atoms with Crippen molar-refractivity contribution >= 4 is 23.3 Å². The Bertz CT molecular complexity index is 936. The molecule has 31 heavy (non-hydrogen) atoms. The van der Waals surface area contributed by atoms with Crippen molar-refractivity contribution < 1.29 is 23.8 Å². The van der Waals surface area contributed by atoms with Crippen LogP contribution in [0, 0.1) is 6.92 Å². The molecule has 1 aliphatic rings. The fourth-order valence-corrected chi connectivity index (χ4v) is 3.53. The molecule has 1 aliphatic heterocycles. The molecule has 0 aromatic heterocycles. The Labute approximate surface area is 183 Å². The summed E-state index contributed by atoms with van der Waals surface area (Å²) in [5.74, 6) is 0.236. The van der Waals surface area contributed by atoms with E-state index in [1.54, 1.807) is 12.1 Å². The molecule has 1 fully saturated rings. The van der Waals surface area contributed by atoms with Crippen molar-refractivity contribution in [3.8, 4) is 5.75 Å². The van der Waals surface area contributed by atoms with Gasteiger partial charge in [-0.1, -0.05) is 26.0 Å². The predicted molar refractivity (Wildman–Crippen MR) is 120 cm³/mol. The number of ether oxygens (including phenoxy) is 3. The molecule has 0 aliphatic carbocycles. The Morgan fingerprint density at radius 2 is 1.87 bits per heavy atom. The number of hydrogen-bond acceptors (Lipinski definition) is 6. The molecule has 1 N–H and O–H groups in total. The first-order valence-electron chi connectivity index (χ1n) is 10.5. The Kier molecular flexibility index (Phi) is 7.52. The van der Waals surface area contributed by atoms with Crippen LogP contribution in [-0.4, -0.2) is 51.9 Å². The molecule has 1 heterocycles. The molecular formula is C24H30N2O5. The Morgan fingerprint density at radius 3 is 2.55 bits per heavy atom. The highest BCUT2D eigenvalue weighted by Gasteiger charge is 2.19. The van der Waals surface area contributed by atoms with Crippen LogP contribution in [0.5, 0.6) is 5.75 Å². The van der Waals surface area contributed by atoms with Gasteiger partial charge in [-0.2, -0.15) is 0 Å². The van der Waals surface area contributed by atoms with Crippen molar-refractivity contribution in [3.05, 3.63) is 53.1 Å². The van der Waals surface area contributed by atoms with Crippen molar-refractivity contribution in [1.29, 1.82) is 0 Å². The number of amides is 1. The summed E-state index contributed by atoms with van der Waals surface area (Å²) in [7, 11) is 1.33. The SMILES string of the molecule is COC(=O)c1ccc(N2CCOCC2)c(NC(=O)COc2cc(C)ccc2C(C)C)c1. The number of carbonyl (C=O) groups is 2. The summed E-state index contributed by atoms with van der Waals surface area (Å²) in [4.78, 5) is 26.9. The summed E-state index contributed by atoms with van der Waals surface area (Å²) >= 11 is 0. The number of esters is 1. The molecule has 0 spiro atoms. The van der Waals surface area contributed by atoms with E-state index in [0.717, 1.165) is 16.8 Å². The number of rotatable bonds is 7. The van der Waals surface area contributed by atoms with E-state index in [1.807, 2.05) is 31.2 Å². The zero-order valence-corrected chi connectivity index (χ0v) is 18.6. The van der Waals surface area contributed by atoms with Crippen LogP contribution in [0.25, 0.3) is 0 Å². The maximum atomic E-state index is 12.7. The molecule has 2 aromatic carbocycles. The molecule has 166 valence electrons. The second-order valence-electron chi connectivity index (χ2n) is 7.86. The Hall–Kier alpha value is -3.06. The molecule has 2 aromatic rings. The van der Waals surface area contributed by atoms with Gasteiger partial charge in [0.05, 0.1) is 37.3 Å². The number of hydrogen-bond donors (Lipinski definition) is 1. The number of methoxy groups -OCH3 is 1. The fourth-order valence-electron chi connectivity index (χ4n) is 3.53. The average molecular weight is 427 g/mol. The standard InChI is InChI=1S/C24H30N2O5/c1-16(2)19-7-5-17(3)13-22(19)31-15-23(27)25-20-14-18(24(28)29-4)6-8-21(20)26-9-11-30-12-10-26/h5-8,13-14,16H,9-12,15H2,1-4H3,(H,25,27). The number of aryl methyl sites for hydroxylation is 1. The second-order valence-corrected chi connectivity index (χ2v) is 7.86. The van der Waals surface area contributed by atoms with Gasteiger partial charge < -0.3 is 24.4 Å². The zero-order valence-electron chi connectivity index (χ0n) is 18.6. The molecule has 0 atom stereocenters. The summed E-state index contributed by atoms with van der Waals surface area (Å²) in [6.45, 7) is 8.67. The van der Waals surface area contributed by atoms with E-state index >= 15 is 0 Å². The van der Waals surface area contributed by atoms with Crippen LogP contribution in [-0.2, 0) is 14.3 Å². The Balaban J connectivity index is 1.78. The topological polar surface area (TPSA) is 77.1 Å². The lowest BCUT2D eigenvalue weighted by Gasteiger charge is -2.30. The largest absolute Gasteiger partial charge is 0.483 e. The van der Waals surface area contributed by atoms with E-state index < -0.39 is 5.97 Å². The number of anilines is 2. The molecular weight excluding hydrogens is 396 g/mol. The number of benzene rings is 2. The van der Waals surface area contributed by atoms with Gasteiger partial charge in [-0.3, -0.25) is 4.79 Å². The maximum absolute atomic E-state index is 12.7. The van der Waals surface area contributed by atoms with Gasteiger partial charge in [0.15, 0.2) is 6.61 Å². The lowest BCUT2D eigenvalue weighted by atomic mass is 10.0. The van der Waals surface area contributed by atoms with Crippen molar-refractivity contribution in [1.82, 2.24) is 0 Å². The minimum Gasteiger partial charge on any atom is -0.483 e. The van der Waals surface area contributed by atoms with Crippen molar-refractivity contribution in [2.24, 2.45) is 0 Å². The highest BCUT2D eigenvalue weighted by atomic mass is 16.5. The quantitative estimate of drug-likeness (QED) is 0.680. The summed E-state index contributed by atoms with van der Waals surface area (Å²) in [5.41, 5.74) is 3.88. The van der Waals surface area contributed by atoms with Crippen LogP contribution in [0.2, 0.25) is 0 Å². The number of nitrogens with one attached hydrogen (secondary N) is 1. The van der Waals surface area contributed by atoms with Crippen LogP contribution >= 0.6 is 0 Å². The van der Waals surface area contributed by atoms with E-state index in [1.165, 1.54) is 7.11 Å². The van der Waals surface area contributed by atoms with E-state index in [0.29, 0.717) is 43.3 Å². The van der Waals surface area contributed by atoms with Gasteiger partial charge in [0, 0.05) is 13.1 Å². The first-order chi connectivity index (χ1) is 14.9. The van der Waals surface area contributed by atoms with Crippen molar-refractivity contribution in [2.75, 3.05) is 50.2 Å². The lowest BCUT2D eigenvalue weighted by Crippen LogP contribution is -2.37. The van der Waals surface area contributed by atoms with Crippen LogP contribution in [0.1, 0.15) is 41.3 Å². The van der Waals surface area contributed by atoms with E-state index in [-0.39, 0.29) is 18.4 Å². The minimum atomic E-state index is -0.457. The molecule has 0 bridgehead atoms. The molecule has 7 nitrogen and oxygen atoms in total. The van der Waals surface area contributed by atoms with Gasteiger partial charge in [-0.25, -0.2) is 4.79 Å². The van der Waals surface area contributed by atoms with Gasteiger partial charge >= 0.3 is 5.97 Å². The van der Waals surface area contributed by atoms with Crippen LogP contribution in [0.3, 0.4) is 0 Å². The third-order valence-electron chi connectivity index (χ3n) is 5.19. The van der Waals surface area contributed by atoms with Gasteiger partial charge in [-0.15, -0.1) is 0 Å². The first kappa shape index (κ1) is 22.6. The third kappa shape index (κ3) is 5.76. The summed E-state index contributed by atoms with van der Waals surface area (Å²) in [6.07, 6.45) is 0. The van der Waals surface area contributed by atoms with Gasteiger partial charge in [0.2, 0.25) is 0 Å². The normalized spacial score (nSPS) is 13.8. The van der Waals surface area contributed by atoms with Crippen LogP contribution in [0.4, 0.5) is 11.4 Å². The molecule has 0 saturated carbocycles. The number of nitrogens with zero attached hydrogens (tertiary/aromatic N) is 1. The highest BCUT2D eigenvalue weighted by molar-refractivity contribution is 5.98. The lowest BCUT2D eigenvalue weighted by molar-refractivity contribution is -0.118. The van der Waals surface area contributed by atoms with E-state index in [2.05, 4.69) is 24.1 Å². The fraction of sp³-hybridized carbons (Fsp3) is 0.417. The monoisotopic (exact) mass is 426 g/mol. The third-order valence-corrected chi connectivity index (χ3v) is 5.19. The summed E-state index contributed by atoms with van der Waals surface area (Å²) in [5, 5.41) is 2.91. The van der Waals surface area contributed by atoms with E-state index in [4.69, 9.17) is 14.2 Å². The molecule has 3 rings (SSSR count). The van der Waals surface area contributed by atoms with Crippen molar-refractivity contribution in [2.45, 2.75) is 26.7 Å². The van der Waals surface area contributed by atoms with E-state index in [9.17, 15) is 9.59 Å². The molecule has 1 amide bonds. The highest BCUT2D eigenvalue weighted by Crippen LogP contribution is 2.30. The Morgan fingerprint density at radius 1 is 1.13 bits per heavy atom. The van der Waals surface area contributed by atoms with Crippen LogP contribution in [0.15, 0.2) is 36.4 Å². The molecule has 1 saturated heterocycles. The molecule has 0 radical (unpaired) electrons. The van der Waals surface area contributed by atoms with Gasteiger partial charge in [-0.05, 0) is 48.2 Å². The number of morpholine rings is 1. The smallest absolute Gasteiger partial charge is 0.337 e. The first-order valence-corrected chi connectivity index (χ1v) is 10.5. The number of carbonyl (C=O) groups excluding carboxylic acids is 2. The van der Waals surface area contributed by atoms with Gasteiger partial charge in [0.1, 0.15) is 5.75 Å². The average Bonchev–Trinajstić information content (AvgIpc) is 2.77. The molecule has 7 heteroatoms. The zero-order chi connectivity index (χ0) is 22.4. The van der Waals surface area contributed by atoms with Crippen molar-refractivity contribution in [3.63, 3.8) is 0 Å². The summed E-state index contributed by atoms with van der Waals surface area (Å²) in [6, 6.07) is 11.2. The van der Waals surface area contributed by atoms with Crippen LogP contribution < -0.4 is 15.0 Å². The second kappa shape index (κ2) is 10.3. The van der Waals surface area contributed by atoms with Gasteiger partial charge in [0.25, 0.3) is 5.91 Å². The maximum Gasteiger partial charge on any atom is 0.337 e. The predicted octanol–water partition coefficient (Wildman–Crippen LogP) is 3.76.